The summed E-state index contributed by atoms with van der Waals surface area (Å²) in [6.45, 7) is 2.06. The summed E-state index contributed by atoms with van der Waals surface area (Å²) in [5.74, 6) is 0. The van der Waals surface area contributed by atoms with E-state index in [1.165, 1.54) is 5.56 Å². The van der Waals surface area contributed by atoms with Crippen LogP contribution < -0.4 is 11.5 Å². The van der Waals surface area contributed by atoms with Crippen LogP contribution in [-0.2, 0) is 5.54 Å². The van der Waals surface area contributed by atoms with Crippen molar-refractivity contribution in [3.8, 4) is 0 Å². The average molecular weight is 200 g/mol. The van der Waals surface area contributed by atoms with Gasteiger partial charge in [0.25, 0.3) is 0 Å². The van der Waals surface area contributed by atoms with Gasteiger partial charge in [-0.25, -0.2) is 0 Å². The molecule has 15 heavy (non-hydrogen) atoms. The Morgan fingerprint density at radius 1 is 1.27 bits per heavy atom. The van der Waals surface area contributed by atoms with Gasteiger partial charge in [0, 0.05) is 6.04 Å². The second-order valence-electron chi connectivity index (χ2n) is 4.07. The molecule has 1 aliphatic rings. The lowest BCUT2D eigenvalue weighted by Crippen LogP contribution is -2.50. The van der Waals surface area contributed by atoms with Gasteiger partial charge in [0.1, 0.15) is 0 Å². The van der Waals surface area contributed by atoms with Gasteiger partial charge in [-0.15, -0.1) is 0 Å². The van der Waals surface area contributed by atoms with E-state index in [1.807, 2.05) is 36.4 Å². The van der Waals surface area contributed by atoms with Crippen molar-refractivity contribution >= 4 is 0 Å². The fraction of sp³-hybridized carbons (Fsp3) is 0.231. The molecule has 2 atom stereocenters. The molecule has 1 aliphatic carbocycles. The molecule has 0 heterocycles. The Morgan fingerprint density at radius 3 is 2.73 bits per heavy atom. The topological polar surface area (TPSA) is 52.0 Å². The van der Waals surface area contributed by atoms with Crippen LogP contribution in [-0.4, -0.2) is 6.04 Å². The van der Waals surface area contributed by atoms with Crippen LogP contribution in [0.2, 0.25) is 0 Å². The molecule has 0 amide bonds. The summed E-state index contributed by atoms with van der Waals surface area (Å²) in [6.07, 6.45) is 7.78. The molecule has 2 heteroatoms. The molecule has 1 aromatic carbocycles. The lowest BCUT2D eigenvalue weighted by molar-refractivity contribution is 0.492. The molecule has 78 valence electrons. The Balaban J connectivity index is 2.45. The summed E-state index contributed by atoms with van der Waals surface area (Å²) in [6, 6.07) is 8.02. The summed E-state index contributed by atoms with van der Waals surface area (Å²) < 4.78 is 0. The van der Waals surface area contributed by atoms with E-state index in [2.05, 4.69) is 19.1 Å². The monoisotopic (exact) mass is 200 g/mol. The Kier molecular flexibility index (Phi) is 2.47. The zero-order valence-electron chi connectivity index (χ0n) is 8.85. The maximum absolute atomic E-state index is 6.33. The predicted octanol–water partition coefficient (Wildman–Crippen LogP) is 1.60. The Bertz CT molecular complexity index is 420. The molecule has 0 spiro atoms. The molecule has 0 saturated heterocycles. The number of hydrogen-bond donors (Lipinski definition) is 2. The first-order valence-corrected chi connectivity index (χ1v) is 5.10. The third-order valence-electron chi connectivity index (χ3n) is 2.87. The van der Waals surface area contributed by atoms with Crippen LogP contribution in [0, 0.1) is 6.92 Å². The van der Waals surface area contributed by atoms with Gasteiger partial charge in [0.05, 0.1) is 5.54 Å². The second kappa shape index (κ2) is 3.65. The first-order chi connectivity index (χ1) is 7.13. The highest BCUT2D eigenvalue weighted by atomic mass is 14.8. The molecule has 0 bridgehead atoms. The predicted molar refractivity (Wildman–Crippen MR) is 63.3 cm³/mol. The minimum absolute atomic E-state index is 0.163. The van der Waals surface area contributed by atoms with Crippen LogP contribution in [0.3, 0.4) is 0 Å². The molecule has 4 N–H and O–H groups in total. The zero-order valence-corrected chi connectivity index (χ0v) is 8.85. The van der Waals surface area contributed by atoms with Crippen molar-refractivity contribution in [2.75, 3.05) is 0 Å². The van der Waals surface area contributed by atoms with Crippen molar-refractivity contribution in [2.45, 2.75) is 18.5 Å². The molecule has 2 nitrogen and oxygen atoms in total. The van der Waals surface area contributed by atoms with Crippen molar-refractivity contribution < 1.29 is 0 Å². The molecule has 0 aliphatic heterocycles. The van der Waals surface area contributed by atoms with Gasteiger partial charge in [-0.2, -0.15) is 0 Å². The Hall–Kier alpha value is -1.38. The fourth-order valence-electron chi connectivity index (χ4n) is 1.87. The molecule has 2 unspecified atom stereocenters. The van der Waals surface area contributed by atoms with Crippen LogP contribution in [0.25, 0.3) is 0 Å². The van der Waals surface area contributed by atoms with E-state index in [4.69, 9.17) is 11.5 Å². The SMILES string of the molecule is Cc1cccc(C2(N)C=CC=CC2N)c1. The first kappa shape index (κ1) is 10.1. The number of aryl methyl sites for hydroxylation is 1. The van der Waals surface area contributed by atoms with Gasteiger partial charge in [0.15, 0.2) is 0 Å². The van der Waals surface area contributed by atoms with Crippen molar-refractivity contribution in [3.05, 3.63) is 59.7 Å². The number of hydrogen-bond acceptors (Lipinski definition) is 2. The first-order valence-electron chi connectivity index (χ1n) is 5.10. The lowest BCUT2D eigenvalue weighted by Gasteiger charge is -2.33. The van der Waals surface area contributed by atoms with Gasteiger partial charge < -0.3 is 11.5 Å². The van der Waals surface area contributed by atoms with Crippen molar-refractivity contribution in [1.82, 2.24) is 0 Å². The number of allylic oxidation sites excluding steroid dienone is 2. The molecular weight excluding hydrogens is 184 g/mol. The summed E-state index contributed by atoms with van der Waals surface area (Å²) in [7, 11) is 0. The third kappa shape index (κ3) is 1.74. The van der Waals surface area contributed by atoms with E-state index < -0.39 is 5.54 Å². The largest absolute Gasteiger partial charge is 0.322 e. The van der Waals surface area contributed by atoms with E-state index in [1.54, 1.807) is 0 Å². The van der Waals surface area contributed by atoms with Crippen molar-refractivity contribution in [1.29, 1.82) is 0 Å². The molecule has 1 aromatic rings. The van der Waals surface area contributed by atoms with Gasteiger partial charge in [-0.1, -0.05) is 54.1 Å². The normalized spacial score (nSPS) is 29.4. The number of nitrogens with two attached hydrogens (primary N) is 2. The third-order valence-corrected chi connectivity index (χ3v) is 2.87. The quantitative estimate of drug-likeness (QED) is 0.723. The van der Waals surface area contributed by atoms with Crippen LogP contribution in [0.15, 0.2) is 48.6 Å². The summed E-state index contributed by atoms with van der Waals surface area (Å²) >= 11 is 0. The maximum Gasteiger partial charge on any atom is 0.0788 e. The zero-order chi connectivity index (χ0) is 10.9. The van der Waals surface area contributed by atoms with E-state index in [0.29, 0.717) is 0 Å². The van der Waals surface area contributed by atoms with Crippen molar-refractivity contribution in [2.24, 2.45) is 11.5 Å². The molecule has 0 fully saturated rings. The van der Waals surface area contributed by atoms with E-state index in [0.717, 1.165) is 5.56 Å². The minimum atomic E-state index is -0.569. The van der Waals surface area contributed by atoms with E-state index in [-0.39, 0.29) is 6.04 Å². The highest BCUT2D eigenvalue weighted by Crippen LogP contribution is 2.26. The maximum atomic E-state index is 6.33. The van der Waals surface area contributed by atoms with Crippen LogP contribution in [0.4, 0.5) is 0 Å². The Morgan fingerprint density at radius 2 is 2.07 bits per heavy atom. The van der Waals surface area contributed by atoms with Crippen LogP contribution in [0.5, 0.6) is 0 Å². The molecular formula is C13H16N2. The van der Waals surface area contributed by atoms with Gasteiger partial charge in [0.2, 0.25) is 0 Å². The van der Waals surface area contributed by atoms with Crippen molar-refractivity contribution in [3.63, 3.8) is 0 Å². The molecule has 0 aromatic heterocycles. The highest BCUT2D eigenvalue weighted by molar-refractivity contribution is 5.39. The highest BCUT2D eigenvalue weighted by Gasteiger charge is 2.31. The summed E-state index contributed by atoms with van der Waals surface area (Å²) in [5.41, 5.74) is 14.1. The standard InChI is InChI=1S/C13H16N2/c1-10-5-4-6-11(9-10)13(15)8-3-2-7-12(13)14/h2-9,12H,14-15H2,1H3. The minimum Gasteiger partial charge on any atom is -0.322 e. The van der Waals surface area contributed by atoms with E-state index >= 15 is 0 Å². The lowest BCUT2D eigenvalue weighted by atomic mass is 9.81. The van der Waals surface area contributed by atoms with Crippen LogP contribution >= 0.6 is 0 Å². The van der Waals surface area contributed by atoms with Gasteiger partial charge in [-0.3, -0.25) is 0 Å². The number of rotatable bonds is 1. The smallest absolute Gasteiger partial charge is 0.0788 e. The molecule has 0 saturated carbocycles. The van der Waals surface area contributed by atoms with Crippen LogP contribution in [0.1, 0.15) is 11.1 Å². The molecule has 2 rings (SSSR count). The summed E-state index contributed by atoms with van der Waals surface area (Å²) in [4.78, 5) is 0. The number of benzene rings is 1. The summed E-state index contributed by atoms with van der Waals surface area (Å²) in [5, 5.41) is 0. The van der Waals surface area contributed by atoms with Gasteiger partial charge in [-0.05, 0) is 12.5 Å². The fourth-order valence-corrected chi connectivity index (χ4v) is 1.87. The van der Waals surface area contributed by atoms with Gasteiger partial charge >= 0.3 is 0 Å². The molecule has 0 radical (unpaired) electrons. The average Bonchev–Trinajstić information content (AvgIpc) is 2.23. The Labute approximate surface area is 90.3 Å². The van der Waals surface area contributed by atoms with E-state index in [9.17, 15) is 0 Å². The second-order valence-corrected chi connectivity index (χ2v) is 4.07.